The molecule has 0 bridgehead atoms. The van der Waals surface area contributed by atoms with Crippen LogP contribution in [0.1, 0.15) is 12.1 Å². The lowest BCUT2D eigenvalue weighted by Crippen LogP contribution is -2.55. The third kappa shape index (κ3) is 3.61. The monoisotopic (exact) mass is 377 g/mol. The van der Waals surface area contributed by atoms with Crippen LogP contribution in [-0.4, -0.2) is 51.1 Å². The molecule has 3 rings (SSSR count). The SMILES string of the molecule is N#CC1C(F)C(Oc2ccc(-c3nc(CO)cs3)cc2)CCN1C(=O)O. The van der Waals surface area contributed by atoms with E-state index in [0.29, 0.717) is 11.4 Å². The summed E-state index contributed by atoms with van der Waals surface area (Å²) in [6.07, 6.45) is -3.76. The largest absolute Gasteiger partial charge is 0.487 e. The van der Waals surface area contributed by atoms with Crippen molar-refractivity contribution in [1.82, 2.24) is 9.88 Å². The molecule has 1 aromatic carbocycles. The number of aliphatic hydroxyl groups is 1. The number of hydrogen-bond donors (Lipinski definition) is 2. The van der Waals surface area contributed by atoms with Crippen LogP contribution in [0.25, 0.3) is 10.6 Å². The Morgan fingerprint density at radius 1 is 1.46 bits per heavy atom. The molecule has 2 aromatic rings. The zero-order chi connectivity index (χ0) is 18.7. The molecule has 1 saturated heterocycles. The molecule has 7 nitrogen and oxygen atoms in total. The van der Waals surface area contributed by atoms with E-state index in [-0.39, 0.29) is 19.6 Å². The number of benzene rings is 1. The minimum atomic E-state index is -1.73. The summed E-state index contributed by atoms with van der Waals surface area (Å²) in [4.78, 5) is 16.1. The van der Waals surface area contributed by atoms with Gasteiger partial charge in [0.25, 0.3) is 0 Å². The highest BCUT2D eigenvalue weighted by molar-refractivity contribution is 7.13. The lowest BCUT2D eigenvalue weighted by Gasteiger charge is -2.36. The van der Waals surface area contributed by atoms with Gasteiger partial charge < -0.3 is 14.9 Å². The van der Waals surface area contributed by atoms with Crippen molar-refractivity contribution in [2.24, 2.45) is 0 Å². The van der Waals surface area contributed by atoms with E-state index in [0.717, 1.165) is 15.5 Å². The van der Waals surface area contributed by atoms with E-state index in [4.69, 9.17) is 20.2 Å². The summed E-state index contributed by atoms with van der Waals surface area (Å²) in [6, 6.07) is 7.22. The van der Waals surface area contributed by atoms with Gasteiger partial charge in [0.15, 0.2) is 12.2 Å². The van der Waals surface area contributed by atoms with Gasteiger partial charge in [-0.1, -0.05) is 0 Å². The quantitative estimate of drug-likeness (QED) is 0.848. The Hall–Kier alpha value is -2.70. The predicted molar refractivity (Wildman–Crippen MR) is 91.5 cm³/mol. The number of nitriles is 1. The summed E-state index contributed by atoms with van der Waals surface area (Å²) in [7, 11) is 0. The fraction of sp³-hybridized carbons (Fsp3) is 0.353. The highest BCUT2D eigenvalue weighted by Crippen LogP contribution is 2.29. The van der Waals surface area contributed by atoms with Crippen LogP contribution >= 0.6 is 11.3 Å². The second-order valence-electron chi connectivity index (χ2n) is 5.77. The van der Waals surface area contributed by atoms with Crippen molar-refractivity contribution in [3.63, 3.8) is 0 Å². The van der Waals surface area contributed by atoms with E-state index in [2.05, 4.69) is 4.98 Å². The average molecular weight is 377 g/mol. The number of alkyl halides is 1. The molecule has 3 atom stereocenters. The Morgan fingerprint density at radius 2 is 2.19 bits per heavy atom. The van der Waals surface area contributed by atoms with Gasteiger partial charge >= 0.3 is 6.09 Å². The number of hydrogen-bond acceptors (Lipinski definition) is 6. The van der Waals surface area contributed by atoms with Crippen LogP contribution in [-0.2, 0) is 6.61 Å². The zero-order valence-electron chi connectivity index (χ0n) is 13.6. The van der Waals surface area contributed by atoms with Gasteiger partial charge in [-0.25, -0.2) is 14.2 Å². The average Bonchev–Trinajstić information content (AvgIpc) is 3.13. The smallest absolute Gasteiger partial charge is 0.408 e. The number of piperidine rings is 1. The van der Waals surface area contributed by atoms with Gasteiger partial charge in [0.05, 0.1) is 18.4 Å². The van der Waals surface area contributed by atoms with Crippen LogP contribution in [0.5, 0.6) is 5.75 Å². The van der Waals surface area contributed by atoms with Crippen molar-refractivity contribution in [3.8, 4) is 22.4 Å². The number of aliphatic hydroxyl groups excluding tert-OH is 1. The highest BCUT2D eigenvalue weighted by atomic mass is 32.1. The Kier molecular flexibility index (Phi) is 5.35. The minimum absolute atomic E-state index is 0.0415. The van der Waals surface area contributed by atoms with Crippen molar-refractivity contribution in [1.29, 1.82) is 5.26 Å². The maximum atomic E-state index is 14.5. The molecule has 1 fully saturated rings. The molecule has 1 amide bonds. The molecule has 0 aliphatic carbocycles. The number of likely N-dealkylation sites (tertiary alicyclic amines) is 1. The van der Waals surface area contributed by atoms with E-state index in [1.54, 1.807) is 35.7 Å². The number of nitrogens with zero attached hydrogens (tertiary/aromatic N) is 3. The molecule has 1 aliphatic rings. The first-order valence-corrected chi connectivity index (χ1v) is 8.77. The second-order valence-corrected chi connectivity index (χ2v) is 6.62. The Morgan fingerprint density at radius 3 is 2.77 bits per heavy atom. The van der Waals surface area contributed by atoms with Gasteiger partial charge in [0.2, 0.25) is 0 Å². The Balaban J connectivity index is 1.69. The molecule has 9 heteroatoms. The van der Waals surface area contributed by atoms with Crippen molar-refractivity contribution in [2.75, 3.05) is 6.54 Å². The van der Waals surface area contributed by atoms with Gasteiger partial charge in [0, 0.05) is 23.9 Å². The summed E-state index contributed by atoms with van der Waals surface area (Å²) in [6.45, 7) is -0.0789. The molecule has 26 heavy (non-hydrogen) atoms. The Bertz CT molecular complexity index is 820. The molecule has 136 valence electrons. The van der Waals surface area contributed by atoms with Gasteiger partial charge in [-0.2, -0.15) is 5.26 Å². The molecular weight excluding hydrogens is 361 g/mol. The first-order valence-electron chi connectivity index (χ1n) is 7.89. The number of carboxylic acid groups (broad SMARTS) is 1. The Labute approximate surface area is 152 Å². The van der Waals surface area contributed by atoms with Crippen LogP contribution in [0.15, 0.2) is 29.6 Å². The first kappa shape index (κ1) is 18.1. The van der Waals surface area contributed by atoms with Crippen LogP contribution < -0.4 is 4.74 Å². The standard InChI is InChI=1S/C17H16FN3O4S/c18-15-13(7-19)21(17(23)24)6-5-14(15)25-12-3-1-10(2-4-12)16-20-11(8-22)9-26-16/h1-4,9,13-15,22H,5-6,8H2,(H,23,24). The van der Waals surface area contributed by atoms with Gasteiger partial charge in [0.1, 0.15) is 16.9 Å². The van der Waals surface area contributed by atoms with Gasteiger partial charge in [-0.05, 0) is 24.3 Å². The fourth-order valence-electron chi connectivity index (χ4n) is 2.78. The molecular formula is C17H16FN3O4S. The van der Waals surface area contributed by atoms with E-state index >= 15 is 0 Å². The van der Waals surface area contributed by atoms with Crippen molar-refractivity contribution in [2.45, 2.75) is 31.3 Å². The molecule has 0 radical (unpaired) electrons. The lowest BCUT2D eigenvalue weighted by molar-refractivity contribution is 0.00344. The molecule has 2 heterocycles. The van der Waals surface area contributed by atoms with E-state index in [1.807, 2.05) is 0 Å². The first-order chi connectivity index (χ1) is 12.5. The van der Waals surface area contributed by atoms with Crippen molar-refractivity contribution < 1.29 is 24.1 Å². The van der Waals surface area contributed by atoms with E-state index in [9.17, 15) is 9.18 Å². The van der Waals surface area contributed by atoms with Crippen LogP contribution in [0.3, 0.4) is 0 Å². The molecule has 1 aromatic heterocycles. The third-order valence-electron chi connectivity index (χ3n) is 4.13. The summed E-state index contributed by atoms with van der Waals surface area (Å²) in [5, 5.41) is 29.7. The number of halogens is 1. The lowest BCUT2D eigenvalue weighted by atomic mass is 9.98. The normalized spacial score (nSPS) is 22.7. The van der Waals surface area contributed by atoms with E-state index in [1.165, 1.54) is 11.3 Å². The maximum Gasteiger partial charge on any atom is 0.408 e. The van der Waals surface area contributed by atoms with Crippen LogP contribution in [0, 0.1) is 11.3 Å². The summed E-state index contributed by atoms with van der Waals surface area (Å²) >= 11 is 1.41. The topological polar surface area (TPSA) is 107 Å². The second kappa shape index (κ2) is 7.68. The molecule has 1 aliphatic heterocycles. The highest BCUT2D eigenvalue weighted by Gasteiger charge is 2.42. The van der Waals surface area contributed by atoms with Crippen molar-refractivity contribution >= 4 is 17.4 Å². The summed E-state index contributed by atoms with van der Waals surface area (Å²) in [5.74, 6) is 0.431. The van der Waals surface area contributed by atoms with Crippen LogP contribution in [0.2, 0.25) is 0 Å². The number of ether oxygens (including phenoxy) is 1. The fourth-order valence-corrected chi connectivity index (χ4v) is 3.60. The van der Waals surface area contributed by atoms with Crippen molar-refractivity contribution in [3.05, 3.63) is 35.3 Å². The number of carbonyl (C=O) groups is 1. The third-order valence-corrected chi connectivity index (χ3v) is 5.07. The van der Waals surface area contributed by atoms with E-state index < -0.39 is 24.4 Å². The van der Waals surface area contributed by atoms with Gasteiger partial charge in [-0.15, -0.1) is 11.3 Å². The number of thiazole rings is 1. The van der Waals surface area contributed by atoms with Gasteiger partial charge in [-0.3, -0.25) is 4.90 Å². The molecule has 0 spiro atoms. The zero-order valence-corrected chi connectivity index (χ0v) is 14.4. The minimum Gasteiger partial charge on any atom is -0.487 e. The molecule has 3 unspecified atom stereocenters. The number of rotatable bonds is 4. The predicted octanol–water partition coefficient (Wildman–Crippen LogP) is 2.66. The number of amides is 1. The number of aromatic nitrogens is 1. The van der Waals surface area contributed by atoms with Crippen LogP contribution in [0.4, 0.5) is 9.18 Å². The summed E-state index contributed by atoms with van der Waals surface area (Å²) in [5.41, 5.74) is 1.44. The maximum absolute atomic E-state index is 14.5. The molecule has 2 N–H and O–H groups in total. The molecule has 0 saturated carbocycles. The summed E-state index contributed by atoms with van der Waals surface area (Å²) < 4.78 is 20.2.